The summed E-state index contributed by atoms with van der Waals surface area (Å²) in [5.41, 5.74) is 8.71. The molecule has 5 rings (SSSR count). The lowest BCUT2D eigenvalue weighted by Crippen LogP contribution is -2.31. The Morgan fingerprint density at radius 2 is 1.38 bits per heavy atom. The van der Waals surface area contributed by atoms with Gasteiger partial charge in [-0.05, 0) is 90.5 Å². The summed E-state index contributed by atoms with van der Waals surface area (Å²) in [6, 6.07) is 19.5. The molecule has 0 spiro atoms. The quantitative estimate of drug-likeness (QED) is 0.120. The molecule has 3 aromatic rings. The number of carbonyl (C=O) groups excluding carboxylic acids is 2. The number of amides is 1. The third-order valence-corrected chi connectivity index (χ3v) is 6.92. The van der Waals surface area contributed by atoms with Crippen LogP contribution >= 0.6 is 0 Å². The Kier molecular flexibility index (Phi) is 7.60. The molecule has 2 aliphatic rings. The number of hydrogen-bond donors (Lipinski definition) is 6. The van der Waals surface area contributed by atoms with Crippen LogP contribution in [-0.2, 0) is 14.9 Å². The number of rotatable bonds is 8. The highest BCUT2D eigenvalue weighted by molar-refractivity contribution is 7.90. The minimum atomic E-state index is -4.57. The van der Waals surface area contributed by atoms with E-state index < -0.39 is 20.8 Å². The van der Waals surface area contributed by atoms with Crippen LogP contribution in [0.3, 0.4) is 0 Å². The molecular formula is C29H22N6O6S. The van der Waals surface area contributed by atoms with Gasteiger partial charge in [0.05, 0.1) is 38.9 Å². The number of fused-ring (bicyclic) bond motifs is 1. The molecule has 0 bridgehead atoms. The van der Waals surface area contributed by atoms with E-state index in [-0.39, 0.29) is 34.2 Å². The van der Waals surface area contributed by atoms with E-state index >= 15 is 0 Å². The Morgan fingerprint density at radius 1 is 0.786 bits per heavy atom. The molecule has 42 heavy (non-hydrogen) atoms. The number of benzene rings is 3. The van der Waals surface area contributed by atoms with E-state index in [0.29, 0.717) is 28.3 Å². The van der Waals surface area contributed by atoms with Crippen LogP contribution in [-0.4, -0.2) is 35.5 Å². The first kappa shape index (κ1) is 27.9. The van der Waals surface area contributed by atoms with E-state index in [2.05, 4.69) is 26.4 Å². The highest BCUT2D eigenvalue weighted by Gasteiger charge is 2.29. The average molecular weight is 583 g/mol. The lowest BCUT2D eigenvalue weighted by Gasteiger charge is -2.22. The van der Waals surface area contributed by atoms with Crippen molar-refractivity contribution in [1.29, 1.82) is 5.41 Å². The second kappa shape index (κ2) is 11.4. The first-order chi connectivity index (χ1) is 20.1. The number of ketones is 1. The third-order valence-electron chi connectivity index (χ3n) is 6.09. The zero-order chi connectivity index (χ0) is 29.9. The number of aromatic hydroxyl groups is 1. The molecule has 0 atom stereocenters. The van der Waals surface area contributed by atoms with Gasteiger partial charge in [0.2, 0.25) is 0 Å². The standard InChI is InChI=1S/C29H22N6O6S/c30-25-14-3-18-15-24(42(39,40)41)16-26(37)27(18)28(25)35-34-20-4-1-17(2-5-20)29(38)31-19-6-8-21(9-7-19)32-33-22-10-12-23(36)13-11-22/h1-16,30,34-36H,(H,31,38)(H,39,40,41). The molecule has 1 amide bonds. The fourth-order valence-corrected chi connectivity index (χ4v) is 4.50. The second-order valence-electron chi connectivity index (χ2n) is 9.03. The van der Waals surface area contributed by atoms with E-state index in [1.54, 1.807) is 60.7 Å². The van der Waals surface area contributed by atoms with Gasteiger partial charge < -0.3 is 15.8 Å². The van der Waals surface area contributed by atoms with Crippen LogP contribution in [0.15, 0.2) is 129 Å². The first-order valence-electron chi connectivity index (χ1n) is 12.3. The Labute approximate surface area is 239 Å². The zero-order valence-electron chi connectivity index (χ0n) is 21.6. The summed E-state index contributed by atoms with van der Waals surface area (Å²) in [6.45, 7) is 0. The maximum Gasteiger partial charge on any atom is 0.294 e. The van der Waals surface area contributed by atoms with Gasteiger partial charge in [0.25, 0.3) is 16.0 Å². The molecule has 0 fully saturated rings. The molecule has 0 saturated carbocycles. The Hall–Kier alpha value is -5.66. The Morgan fingerprint density at radius 3 is 2.00 bits per heavy atom. The van der Waals surface area contributed by atoms with Gasteiger partial charge in [0.1, 0.15) is 5.75 Å². The summed E-state index contributed by atoms with van der Waals surface area (Å²) in [4.78, 5) is 24.8. The largest absolute Gasteiger partial charge is 0.508 e. The zero-order valence-corrected chi connectivity index (χ0v) is 22.4. The van der Waals surface area contributed by atoms with Crippen molar-refractivity contribution in [3.63, 3.8) is 0 Å². The Balaban J connectivity index is 1.20. The molecule has 0 heterocycles. The molecule has 3 aromatic carbocycles. The molecule has 0 aliphatic heterocycles. The number of phenolic OH excluding ortho intramolecular Hbond substituents is 1. The number of azo groups is 1. The van der Waals surface area contributed by atoms with Crippen LogP contribution < -0.4 is 16.2 Å². The fourth-order valence-electron chi connectivity index (χ4n) is 3.97. The minimum Gasteiger partial charge on any atom is -0.508 e. The van der Waals surface area contributed by atoms with Crippen molar-refractivity contribution in [1.82, 2.24) is 5.43 Å². The van der Waals surface area contributed by atoms with Gasteiger partial charge in [0.15, 0.2) is 5.78 Å². The summed E-state index contributed by atoms with van der Waals surface area (Å²) in [6.07, 6.45) is 4.75. The molecule has 2 aliphatic carbocycles. The number of carbonyl (C=O) groups is 2. The van der Waals surface area contributed by atoms with Gasteiger partial charge >= 0.3 is 0 Å². The first-order valence-corrected chi connectivity index (χ1v) is 13.7. The number of hydrogen-bond acceptors (Lipinski definition) is 10. The van der Waals surface area contributed by atoms with Gasteiger partial charge in [-0.3, -0.25) is 25.0 Å². The number of phenols is 1. The van der Waals surface area contributed by atoms with Crippen molar-refractivity contribution in [2.24, 2.45) is 10.2 Å². The molecule has 0 aromatic heterocycles. The van der Waals surface area contributed by atoms with Crippen LogP contribution in [0.4, 0.5) is 22.7 Å². The van der Waals surface area contributed by atoms with Gasteiger partial charge in [-0.15, -0.1) is 0 Å². The molecule has 0 saturated heterocycles. The van der Waals surface area contributed by atoms with Gasteiger partial charge in [-0.25, -0.2) is 0 Å². The molecule has 210 valence electrons. The monoisotopic (exact) mass is 582 g/mol. The SMILES string of the molecule is N=C1C=CC2=CC(S(=O)(=O)O)=CC(=O)C2=C1NNc1ccc(C(=O)Nc2ccc(N=Nc3ccc(O)cc3)cc2)cc1. The highest BCUT2D eigenvalue weighted by atomic mass is 32.2. The highest BCUT2D eigenvalue weighted by Crippen LogP contribution is 2.30. The fraction of sp³-hybridized carbons (Fsp3) is 0. The number of allylic oxidation sites excluding steroid dienone is 6. The van der Waals surface area contributed by atoms with Crippen LogP contribution in [0.5, 0.6) is 5.75 Å². The van der Waals surface area contributed by atoms with Crippen molar-refractivity contribution in [2.45, 2.75) is 0 Å². The molecule has 0 unspecified atom stereocenters. The minimum absolute atomic E-state index is 0.0180. The molecule has 12 nitrogen and oxygen atoms in total. The smallest absolute Gasteiger partial charge is 0.294 e. The third kappa shape index (κ3) is 6.38. The van der Waals surface area contributed by atoms with Crippen LogP contribution in [0, 0.1) is 5.41 Å². The van der Waals surface area contributed by atoms with Crippen LogP contribution in [0.25, 0.3) is 0 Å². The van der Waals surface area contributed by atoms with E-state index in [9.17, 15) is 27.7 Å². The van der Waals surface area contributed by atoms with Gasteiger partial charge in [-0.2, -0.15) is 18.6 Å². The number of nitrogens with one attached hydrogen (secondary N) is 4. The summed E-state index contributed by atoms with van der Waals surface area (Å²) < 4.78 is 32.2. The molecular weight excluding hydrogens is 560 g/mol. The summed E-state index contributed by atoms with van der Waals surface area (Å²) in [7, 11) is -4.57. The number of nitrogens with zero attached hydrogens (tertiary/aromatic N) is 2. The Bertz CT molecular complexity index is 1850. The lowest BCUT2D eigenvalue weighted by atomic mass is 9.89. The van der Waals surface area contributed by atoms with Crippen LogP contribution in [0.2, 0.25) is 0 Å². The van der Waals surface area contributed by atoms with Crippen molar-refractivity contribution in [3.8, 4) is 5.75 Å². The number of hydrazine groups is 1. The van der Waals surface area contributed by atoms with Gasteiger partial charge in [0, 0.05) is 17.3 Å². The summed E-state index contributed by atoms with van der Waals surface area (Å²) >= 11 is 0. The lowest BCUT2D eigenvalue weighted by molar-refractivity contribution is -0.111. The van der Waals surface area contributed by atoms with Crippen molar-refractivity contribution >= 4 is 50.3 Å². The molecule has 0 radical (unpaired) electrons. The predicted octanol–water partition coefficient (Wildman–Crippen LogP) is 5.10. The van der Waals surface area contributed by atoms with Gasteiger partial charge in [-0.1, -0.05) is 6.08 Å². The van der Waals surface area contributed by atoms with Crippen molar-refractivity contribution in [2.75, 3.05) is 10.7 Å². The maximum absolute atomic E-state index is 12.7. The van der Waals surface area contributed by atoms with E-state index in [0.717, 1.165) is 12.2 Å². The normalized spacial score (nSPS) is 14.8. The predicted molar refractivity (Wildman–Crippen MR) is 156 cm³/mol. The van der Waals surface area contributed by atoms with Crippen molar-refractivity contribution < 1.29 is 27.7 Å². The topological polar surface area (TPSA) is 193 Å². The number of anilines is 2. The summed E-state index contributed by atoms with van der Waals surface area (Å²) in [5.74, 6) is -0.888. The van der Waals surface area contributed by atoms with Crippen LogP contribution in [0.1, 0.15) is 10.4 Å². The summed E-state index contributed by atoms with van der Waals surface area (Å²) in [5, 5.41) is 28.5. The van der Waals surface area contributed by atoms with E-state index in [1.165, 1.54) is 24.3 Å². The maximum atomic E-state index is 12.7. The van der Waals surface area contributed by atoms with E-state index in [1.807, 2.05) is 0 Å². The average Bonchev–Trinajstić information content (AvgIpc) is 2.97. The second-order valence-corrected chi connectivity index (χ2v) is 10.4. The molecule has 13 heteroatoms. The molecule has 6 N–H and O–H groups in total. The van der Waals surface area contributed by atoms with E-state index in [4.69, 9.17) is 5.41 Å². The van der Waals surface area contributed by atoms with Crippen molar-refractivity contribution in [3.05, 3.63) is 124 Å².